The van der Waals surface area contributed by atoms with Crippen LogP contribution in [0.3, 0.4) is 0 Å². The lowest BCUT2D eigenvalue weighted by Gasteiger charge is -2.15. The summed E-state index contributed by atoms with van der Waals surface area (Å²) in [4.78, 5) is 12.6. The van der Waals surface area contributed by atoms with Gasteiger partial charge in [0.15, 0.2) is 0 Å². The van der Waals surface area contributed by atoms with Gasteiger partial charge in [-0.05, 0) is 55.8 Å². The van der Waals surface area contributed by atoms with Crippen LogP contribution in [0, 0.1) is 6.92 Å². The van der Waals surface area contributed by atoms with Gasteiger partial charge < -0.3 is 5.32 Å². The van der Waals surface area contributed by atoms with Crippen molar-refractivity contribution in [2.45, 2.75) is 24.8 Å². The molecule has 3 aromatic rings. The molecule has 3 rings (SSSR count). The van der Waals surface area contributed by atoms with Crippen LogP contribution in [-0.2, 0) is 10.0 Å². The number of rotatable bonds is 6. The molecule has 0 aliphatic carbocycles. The van der Waals surface area contributed by atoms with Crippen molar-refractivity contribution < 1.29 is 13.2 Å². The summed E-state index contributed by atoms with van der Waals surface area (Å²) in [6.07, 6.45) is 0. The molecule has 0 spiro atoms. The van der Waals surface area contributed by atoms with Gasteiger partial charge in [-0.1, -0.05) is 48.0 Å². The minimum Gasteiger partial charge on any atom is -0.346 e. The standard InChI is InChI=1S/C22H22N2O3S/c1-16-8-10-18(11-9-16)17(2)23-22(25)19-12-14-20(15-13-19)24-28(26,27)21-6-4-3-5-7-21/h3-15,17,24H,1-2H3,(H,23,25)/t17-/m1/s1. The van der Waals surface area contributed by atoms with E-state index in [0.29, 0.717) is 11.3 Å². The van der Waals surface area contributed by atoms with Crippen molar-refractivity contribution in [2.75, 3.05) is 4.72 Å². The minimum absolute atomic E-state index is 0.135. The number of carbonyl (C=O) groups excluding carboxylic acids is 1. The highest BCUT2D eigenvalue weighted by atomic mass is 32.2. The van der Waals surface area contributed by atoms with E-state index in [1.165, 1.54) is 12.1 Å². The molecule has 0 saturated heterocycles. The molecule has 0 heterocycles. The van der Waals surface area contributed by atoms with Crippen LogP contribution in [0.25, 0.3) is 0 Å². The zero-order chi connectivity index (χ0) is 20.1. The first-order chi connectivity index (χ1) is 13.3. The van der Waals surface area contributed by atoms with Gasteiger partial charge in [0, 0.05) is 11.3 Å². The highest BCUT2D eigenvalue weighted by Crippen LogP contribution is 2.18. The molecule has 0 aromatic heterocycles. The van der Waals surface area contributed by atoms with E-state index >= 15 is 0 Å². The predicted octanol–water partition coefficient (Wildman–Crippen LogP) is 4.29. The molecule has 0 saturated carbocycles. The number of hydrogen-bond acceptors (Lipinski definition) is 3. The molecule has 1 amide bonds. The molecule has 0 fully saturated rings. The summed E-state index contributed by atoms with van der Waals surface area (Å²) < 4.78 is 27.2. The van der Waals surface area contributed by atoms with Crippen LogP contribution in [0.4, 0.5) is 5.69 Å². The van der Waals surface area contributed by atoms with Crippen LogP contribution in [0.1, 0.15) is 34.5 Å². The quantitative estimate of drug-likeness (QED) is 0.655. The molecule has 0 bridgehead atoms. The van der Waals surface area contributed by atoms with E-state index in [4.69, 9.17) is 0 Å². The summed E-state index contributed by atoms with van der Waals surface area (Å²) >= 11 is 0. The second kappa shape index (κ2) is 8.27. The average Bonchev–Trinajstić information content (AvgIpc) is 2.69. The summed E-state index contributed by atoms with van der Waals surface area (Å²) in [7, 11) is -3.66. The highest BCUT2D eigenvalue weighted by Gasteiger charge is 2.15. The van der Waals surface area contributed by atoms with Crippen LogP contribution in [0.2, 0.25) is 0 Å². The van der Waals surface area contributed by atoms with Gasteiger partial charge in [-0.3, -0.25) is 9.52 Å². The first-order valence-corrected chi connectivity index (χ1v) is 10.4. The SMILES string of the molecule is Cc1ccc([C@@H](C)NC(=O)c2ccc(NS(=O)(=O)c3ccccc3)cc2)cc1. The van der Waals surface area contributed by atoms with Gasteiger partial charge in [0.2, 0.25) is 0 Å². The van der Waals surface area contributed by atoms with Crippen LogP contribution in [0.5, 0.6) is 0 Å². The number of aryl methyl sites for hydroxylation is 1. The van der Waals surface area contributed by atoms with Crippen LogP contribution in [0.15, 0.2) is 83.8 Å². The number of benzene rings is 3. The summed E-state index contributed by atoms with van der Waals surface area (Å²) in [5, 5.41) is 2.95. The Bertz CT molecular complexity index is 1050. The smallest absolute Gasteiger partial charge is 0.261 e. The Labute approximate surface area is 165 Å². The number of carbonyl (C=O) groups is 1. The van der Waals surface area contributed by atoms with E-state index in [0.717, 1.165) is 11.1 Å². The maximum atomic E-state index is 12.5. The van der Waals surface area contributed by atoms with E-state index in [-0.39, 0.29) is 16.8 Å². The second-order valence-corrected chi connectivity index (χ2v) is 8.28. The maximum absolute atomic E-state index is 12.5. The molecule has 28 heavy (non-hydrogen) atoms. The van der Waals surface area contributed by atoms with E-state index in [1.54, 1.807) is 42.5 Å². The molecular formula is C22H22N2O3S. The molecule has 144 valence electrons. The third kappa shape index (κ3) is 4.78. The summed E-state index contributed by atoms with van der Waals surface area (Å²) in [6.45, 7) is 3.94. The Balaban J connectivity index is 1.66. The van der Waals surface area contributed by atoms with Crippen LogP contribution >= 0.6 is 0 Å². The predicted molar refractivity (Wildman–Crippen MR) is 111 cm³/mol. The van der Waals surface area contributed by atoms with Gasteiger partial charge in [0.05, 0.1) is 10.9 Å². The van der Waals surface area contributed by atoms with Crippen molar-refractivity contribution in [3.05, 3.63) is 95.6 Å². The molecule has 0 aliphatic rings. The third-order valence-corrected chi connectivity index (χ3v) is 5.77. The van der Waals surface area contributed by atoms with Crippen molar-refractivity contribution in [1.29, 1.82) is 0 Å². The van der Waals surface area contributed by atoms with Crippen LogP contribution in [-0.4, -0.2) is 14.3 Å². The Morgan fingerprint density at radius 3 is 2.07 bits per heavy atom. The van der Waals surface area contributed by atoms with E-state index in [9.17, 15) is 13.2 Å². The second-order valence-electron chi connectivity index (χ2n) is 6.60. The Morgan fingerprint density at radius 1 is 0.857 bits per heavy atom. The monoisotopic (exact) mass is 394 g/mol. The first-order valence-electron chi connectivity index (χ1n) is 8.90. The molecule has 0 aliphatic heterocycles. The Hall–Kier alpha value is -3.12. The van der Waals surface area contributed by atoms with Crippen LogP contribution < -0.4 is 10.0 Å². The molecule has 6 heteroatoms. The number of anilines is 1. The van der Waals surface area contributed by atoms with Gasteiger partial charge in [-0.25, -0.2) is 8.42 Å². The molecule has 0 unspecified atom stereocenters. The van der Waals surface area contributed by atoms with Crippen molar-refractivity contribution >= 4 is 21.6 Å². The molecule has 2 N–H and O–H groups in total. The number of hydrogen-bond donors (Lipinski definition) is 2. The third-order valence-electron chi connectivity index (χ3n) is 4.38. The number of sulfonamides is 1. The van der Waals surface area contributed by atoms with Gasteiger partial charge in [0.25, 0.3) is 15.9 Å². The summed E-state index contributed by atoms with van der Waals surface area (Å²) in [5.41, 5.74) is 3.04. The lowest BCUT2D eigenvalue weighted by molar-refractivity contribution is 0.0940. The lowest BCUT2D eigenvalue weighted by atomic mass is 10.1. The van der Waals surface area contributed by atoms with E-state index < -0.39 is 10.0 Å². The first kappa shape index (κ1) is 19.6. The minimum atomic E-state index is -3.66. The summed E-state index contributed by atoms with van der Waals surface area (Å²) in [6, 6.07) is 22.3. The van der Waals surface area contributed by atoms with E-state index in [1.807, 2.05) is 38.1 Å². The van der Waals surface area contributed by atoms with Crippen molar-refractivity contribution in [2.24, 2.45) is 0 Å². The van der Waals surface area contributed by atoms with Crippen molar-refractivity contribution in [3.8, 4) is 0 Å². The molecule has 5 nitrogen and oxygen atoms in total. The average molecular weight is 394 g/mol. The largest absolute Gasteiger partial charge is 0.346 e. The Morgan fingerprint density at radius 2 is 1.46 bits per heavy atom. The Kier molecular flexibility index (Phi) is 5.80. The van der Waals surface area contributed by atoms with E-state index in [2.05, 4.69) is 10.0 Å². The van der Waals surface area contributed by atoms with Gasteiger partial charge in [-0.2, -0.15) is 0 Å². The topological polar surface area (TPSA) is 75.3 Å². The highest BCUT2D eigenvalue weighted by molar-refractivity contribution is 7.92. The number of nitrogens with one attached hydrogen (secondary N) is 2. The maximum Gasteiger partial charge on any atom is 0.261 e. The summed E-state index contributed by atoms with van der Waals surface area (Å²) in [5.74, 6) is -0.217. The normalized spacial score (nSPS) is 12.2. The van der Waals surface area contributed by atoms with Crippen molar-refractivity contribution in [3.63, 3.8) is 0 Å². The zero-order valence-corrected chi connectivity index (χ0v) is 16.5. The zero-order valence-electron chi connectivity index (χ0n) is 15.7. The molecule has 3 aromatic carbocycles. The van der Waals surface area contributed by atoms with Crippen molar-refractivity contribution in [1.82, 2.24) is 5.32 Å². The van der Waals surface area contributed by atoms with Gasteiger partial charge in [-0.15, -0.1) is 0 Å². The lowest BCUT2D eigenvalue weighted by Crippen LogP contribution is -2.26. The fourth-order valence-corrected chi connectivity index (χ4v) is 3.80. The fraction of sp³-hybridized carbons (Fsp3) is 0.136. The fourth-order valence-electron chi connectivity index (χ4n) is 2.72. The molecule has 0 radical (unpaired) electrons. The molecular weight excluding hydrogens is 372 g/mol. The number of amides is 1. The van der Waals surface area contributed by atoms with Gasteiger partial charge in [0.1, 0.15) is 0 Å². The van der Waals surface area contributed by atoms with Gasteiger partial charge >= 0.3 is 0 Å². The molecule has 1 atom stereocenters.